The van der Waals surface area contributed by atoms with E-state index in [0.717, 1.165) is 16.0 Å². The highest BCUT2D eigenvalue weighted by Gasteiger charge is 2.37. The Bertz CT molecular complexity index is 910. The van der Waals surface area contributed by atoms with Gasteiger partial charge in [-0.25, -0.2) is 4.98 Å². The fourth-order valence-corrected chi connectivity index (χ4v) is 5.20. The maximum Gasteiger partial charge on any atom is 0.255 e. The van der Waals surface area contributed by atoms with Crippen molar-refractivity contribution in [2.45, 2.75) is 11.9 Å². The summed E-state index contributed by atoms with van der Waals surface area (Å²) in [5.41, 5.74) is 1.70. The lowest BCUT2D eigenvalue weighted by atomic mass is 10.1. The van der Waals surface area contributed by atoms with Crippen LogP contribution in [0.4, 0.5) is 5.13 Å². The molecular weight excluding hydrogens is 386 g/mol. The van der Waals surface area contributed by atoms with Crippen LogP contribution in [0.25, 0.3) is 0 Å². The normalized spacial score (nSPS) is 15.9. The summed E-state index contributed by atoms with van der Waals surface area (Å²) >= 11 is 4.48. The molecule has 4 rings (SSSR count). The van der Waals surface area contributed by atoms with Crippen molar-refractivity contribution in [3.05, 3.63) is 69.4 Å². The molecular formula is C18H15N3O2S3. The first-order valence-corrected chi connectivity index (χ1v) is 10.8. The maximum atomic E-state index is 12.8. The number of thiazole rings is 1. The summed E-state index contributed by atoms with van der Waals surface area (Å²) in [6.07, 6.45) is 1.65. The largest absolute Gasteiger partial charge is 0.317 e. The Morgan fingerprint density at radius 2 is 2.08 bits per heavy atom. The molecule has 1 aliphatic heterocycles. The smallest absolute Gasteiger partial charge is 0.255 e. The molecule has 3 heterocycles. The second-order valence-corrected chi connectivity index (χ2v) is 8.64. The van der Waals surface area contributed by atoms with Gasteiger partial charge in [0, 0.05) is 22.0 Å². The first kappa shape index (κ1) is 17.3. The summed E-state index contributed by atoms with van der Waals surface area (Å²) in [7, 11) is 0. The molecule has 0 saturated heterocycles. The Morgan fingerprint density at radius 1 is 1.19 bits per heavy atom. The fourth-order valence-electron chi connectivity index (χ4n) is 2.84. The molecule has 2 aromatic heterocycles. The zero-order chi connectivity index (χ0) is 17.9. The van der Waals surface area contributed by atoms with Gasteiger partial charge in [-0.1, -0.05) is 24.3 Å². The van der Waals surface area contributed by atoms with E-state index >= 15 is 0 Å². The number of thioether (sulfide) groups is 1. The molecule has 2 amide bonds. The van der Waals surface area contributed by atoms with Crippen molar-refractivity contribution in [3.8, 4) is 0 Å². The number of thiophene rings is 1. The number of fused-ring (bicyclic) bond motifs is 1. The lowest BCUT2D eigenvalue weighted by Crippen LogP contribution is -2.27. The number of hydrogen-bond donors (Lipinski definition) is 1. The minimum absolute atomic E-state index is 0.0202. The lowest BCUT2D eigenvalue weighted by molar-refractivity contribution is -0.113. The van der Waals surface area contributed by atoms with Crippen molar-refractivity contribution in [1.82, 2.24) is 9.88 Å². The number of aromatic nitrogens is 1. The molecule has 1 aliphatic rings. The van der Waals surface area contributed by atoms with Crippen LogP contribution in [0.5, 0.6) is 0 Å². The summed E-state index contributed by atoms with van der Waals surface area (Å²) < 4.78 is 0. The van der Waals surface area contributed by atoms with Gasteiger partial charge < -0.3 is 10.2 Å². The topological polar surface area (TPSA) is 62.3 Å². The third kappa shape index (κ3) is 3.53. The van der Waals surface area contributed by atoms with Gasteiger partial charge in [0.25, 0.3) is 5.91 Å². The van der Waals surface area contributed by atoms with Gasteiger partial charge in [0.05, 0.1) is 12.3 Å². The molecule has 1 N–H and O–H groups in total. The maximum absolute atomic E-state index is 12.8. The van der Waals surface area contributed by atoms with Crippen LogP contribution in [0.1, 0.15) is 26.2 Å². The third-order valence-corrected chi connectivity index (χ3v) is 6.76. The summed E-state index contributed by atoms with van der Waals surface area (Å²) in [4.78, 5) is 32.1. The van der Waals surface area contributed by atoms with Gasteiger partial charge in [0.2, 0.25) is 5.91 Å². The number of rotatable bonds is 6. The van der Waals surface area contributed by atoms with Crippen LogP contribution >= 0.6 is 34.4 Å². The number of hydrogen-bond acceptors (Lipinski definition) is 6. The van der Waals surface area contributed by atoms with E-state index in [0.29, 0.717) is 11.7 Å². The quantitative estimate of drug-likeness (QED) is 0.671. The minimum atomic E-state index is -0.164. The van der Waals surface area contributed by atoms with E-state index in [9.17, 15) is 9.59 Å². The van der Waals surface area contributed by atoms with Crippen LogP contribution in [-0.2, 0) is 11.3 Å². The Balaban J connectivity index is 1.50. The SMILES string of the molecule is O=C(CSC1c2ccccc2C(=O)N1Cc1cccs1)Nc1nccs1. The predicted molar refractivity (Wildman–Crippen MR) is 107 cm³/mol. The second-order valence-electron chi connectivity index (χ2n) is 5.65. The number of amides is 2. The molecule has 26 heavy (non-hydrogen) atoms. The van der Waals surface area contributed by atoms with Crippen molar-refractivity contribution in [2.24, 2.45) is 0 Å². The van der Waals surface area contributed by atoms with Crippen LogP contribution in [0.15, 0.2) is 53.4 Å². The van der Waals surface area contributed by atoms with Crippen LogP contribution in [0.2, 0.25) is 0 Å². The van der Waals surface area contributed by atoms with E-state index in [1.165, 1.54) is 23.1 Å². The van der Waals surface area contributed by atoms with Gasteiger partial charge in [-0.05, 0) is 23.1 Å². The first-order valence-electron chi connectivity index (χ1n) is 7.95. The van der Waals surface area contributed by atoms with E-state index < -0.39 is 0 Å². The van der Waals surface area contributed by atoms with E-state index in [2.05, 4.69) is 10.3 Å². The molecule has 8 heteroatoms. The molecule has 0 spiro atoms. The fraction of sp³-hybridized carbons (Fsp3) is 0.167. The van der Waals surface area contributed by atoms with Gasteiger partial charge in [0.1, 0.15) is 5.37 Å². The Kier molecular flexibility index (Phi) is 5.05. The van der Waals surface area contributed by atoms with Crippen molar-refractivity contribution in [2.75, 3.05) is 11.1 Å². The van der Waals surface area contributed by atoms with Gasteiger partial charge in [-0.2, -0.15) is 0 Å². The lowest BCUT2D eigenvalue weighted by Gasteiger charge is -2.24. The average Bonchev–Trinajstić information content (AvgIpc) is 3.38. The number of anilines is 1. The van der Waals surface area contributed by atoms with Gasteiger partial charge in [0.15, 0.2) is 5.13 Å². The molecule has 5 nitrogen and oxygen atoms in total. The van der Waals surface area contributed by atoms with Crippen molar-refractivity contribution >= 4 is 51.4 Å². The molecule has 0 bridgehead atoms. The van der Waals surface area contributed by atoms with Crippen molar-refractivity contribution in [3.63, 3.8) is 0 Å². The molecule has 1 aromatic carbocycles. The van der Waals surface area contributed by atoms with Crippen molar-refractivity contribution < 1.29 is 9.59 Å². The molecule has 1 atom stereocenters. The molecule has 3 aromatic rings. The number of carbonyl (C=O) groups excluding carboxylic acids is 2. The van der Waals surface area contributed by atoms with E-state index in [-0.39, 0.29) is 22.9 Å². The van der Waals surface area contributed by atoms with E-state index in [4.69, 9.17) is 0 Å². The molecule has 1 unspecified atom stereocenters. The molecule has 0 fully saturated rings. The number of benzene rings is 1. The van der Waals surface area contributed by atoms with Gasteiger partial charge in [-0.15, -0.1) is 34.4 Å². The Labute approximate surface area is 163 Å². The van der Waals surface area contributed by atoms with Crippen LogP contribution < -0.4 is 5.32 Å². The number of nitrogens with one attached hydrogen (secondary N) is 1. The molecule has 0 saturated carbocycles. The van der Waals surface area contributed by atoms with E-state index in [1.54, 1.807) is 17.5 Å². The standard InChI is InChI=1S/C18H15N3O2S3/c22-15(20-18-19-7-9-25-18)11-26-17-14-6-2-1-5-13(14)16(23)21(17)10-12-4-3-8-24-12/h1-9,17H,10-11H2,(H,19,20,22). The third-order valence-electron chi connectivity index (χ3n) is 3.96. The zero-order valence-corrected chi connectivity index (χ0v) is 16.1. The first-order chi connectivity index (χ1) is 12.7. The highest BCUT2D eigenvalue weighted by Crippen LogP contribution is 2.42. The van der Waals surface area contributed by atoms with Gasteiger partial charge >= 0.3 is 0 Å². The monoisotopic (exact) mass is 401 g/mol. The number of carbonyl (C=O) groups is 2. The molecule has 0 radical (unpaired) electrons. The van der Waals surface area contributed by atoms with Crippen molar-refractivity contribution in [1.29, 1.82) is 0 Å². The van der Waals surface area contributed by atoms with Crippen LogP contribution in [-0.4, -0.2) is 27.5 Å². The van der Waals surface area contributed by atoms with Gasteiger partial charge in [-0.3, -0.25) is 9.59 Å². The summed E-state index contributed by atoms with van der Waals surface area (Å²) in [6, 6.07) is 11.6. The summed E-state index contributed by atoms with van der Waals surface area (Å²) in [6.45, 7) is 0.553. The van der Waals surface area contributed by atoms with Crippen LogP contribution in [0, 0.1) is 0 Å². The highest BCUT2D eigenvalue weighted by atomic mass is 32.2. The zero-order valence-electron chi connectivity index (χ0n) is 13.6. The second kappa shape index (κ2) is 7.61. The molecule has 0 aliphatic carbocycles. The van der Waals surface area contributed by atoms with Crippen LogP contribution in [0.3, 0.4) is 0 Å². The average molecular weight is 402 g/mol. The summed E-state index contributed by atoms with van der Waals surface area (Å²) in [5.74, 6) is 0.164. The molecule has 132 valence electrons. The highest BCUT2D eigenvalue weighted by molar-refractivity contribution is 8.00. The summed E-state index contributed by atoms with van der Waals surface area (Å²) in [5, 5.41) is 7.04. The Hall–Kier alpha value is -2.16. The number of nitrogens with zero attached hydrogens (tertiary/aromatic N) is 2. The predicted octanol–water partition coefficient (Wildman–Crippen LogP) is 4.23. The Morgan fingerprint density at radius 3 is 2.85 bits per heavy atom. The minimum Gasteiger partial charge on any atom is -0.317 e. The van der Waals surface area contributed by atoms with E-state index in [1.807, 2.05) is 52.1 Å².